The average Bonchev–Trinajstić information content (AvgIpc) is 2.41. The Hall–Kier alpha value is -0.820. The molecule has 0 unspecified atom stereocenters. The molecule has 1 aromatic carbocycles. The summed E-state index contributed by atoms with van der Waals surface area (Å²) in [6.07, 6.45) is -2.54. The van der Waals surface area contributed by atoms with Gasteiger partial charge < -0.3 is 15.2 Å². The summed E-state index contributed by atoms with van der Waals surface area (Å²) < 4.78 is 31.6. The molecule has 0 aromatic heterocycles. The van der Waals surface area contributed by atoms with Crippen LogP contribution in [0.1, 0.15) is 11.6 Å². The van der Waals surface area contributed by atoms with Crippen molar-refractivity contribution in [1.82, 2.24) is 10.2 Å². The lowest BCUT2D eigenvalue weighted by molar-refractivity contribution is 0.0170. The van der Waals surface area contributed by atoms with Crippen LogP contribution >= 0.6 is 24.8 Å². The van der Waals surface area contributed by atoms with Gasteiger partial charge in [-0.1, -0.05) is 0 Å². The number of halogens is 4. The fourth-order valence-electron chi connectivity index (χ4n) is 2.35. The molecule has 8 heteroatoms. The van der Waals surface area contributed by atoms with E-state index in [2.05, 4.69) is 5.32 Å². The Morgan fingerprint density at radius 2 is 1.86 bits per heavy atom. The molecule has 1 heterocycles. The van der Waals surface area contributed by atoms with Crippen molar-refractivity contribution in [3.63, 3.8) is 0 Å². The second-order valence-corrected chi connectivity index (χ2v) is 4.49. The number of nitrogens with zero attached hydrogens (tertiary/aromatic N) is 1. The number of benzene rings is 1. The zero-order valence-electron chi connectivity index (χ0n) is 11.6. The van der Waals surface area contributed by atoms with Gasteiger partial charge in [-0.15, -0.1) is 24.8 Å². The van der Waals surface area contributed by atoms with Gasteiger partial charge in [0, 0.05) is 37.8 Å². The van der Waals surface area contributed by atoms with Crippen molar-refractivity contribution in [3.05, 3.63) is 23.8 Å². The zero-order valence-corrected chi connectivity index (χ0v) is 13.2. The van der Waals surface area contributed by atoms with Crippen molar-refractivity contribution >= 4 is 24.8 Å². The third-order valence-electron chi connectivity index (χ3n) is 3.34. The Balaban J connectivity index is 0.00000200. The second-order valence-electron chi connectivity index (χ2n) is 4.49. The summed E-state index contributed by atoms with van der Waals surface area (Å²) in [6.45, 7) is 2.45. The molecule has 21 heavy (non-hydrogen) atoms. The number of methoxy groups -OCH3 is 1. The molecule has 1 aliphatic rings. The summed E-state index contributed by atoms with van der Waals surface area (Å²) >= 11 is 0. The Labute approximate surface area is 135 Å². The number of phenols is 1. The molecule has 1 aliphatic heterocycles. The molecule has 4 nitrogen and oxygen atoms in total. The molecule has 2 N–H and O–H groups in total. The normalized spacial score (nSPS) is 16.8. The lowest BCUT2D eigenvalue weighted by atomic mass is 10.0. The van der Waals surface area contributed by atoms with E-state index in [9.17, 15) is 13.9 Å². The quantitative estimate of drug-likeness (QED) is 0.880. The highest BCUT2D eigenvalue weighted by molar-refractivity contribution is 5.85. The summed E-state index contributed by atoms with van der Waals surface area (Å²) in [5, 5.41) is 13.0. The van der Waals surface area contributed by atoms with E-state index in [0.717, 1.165) is 0 Å². The van der Waals surface area contributed by atoms with Crippen molar-refractivity contribution in [1.29, 1.82) is 0 Å². The third kappa shape index (κ3) is 4.85. The molecular formula is C13H20Cl2F2N2O2. The lowest BCUT2D eigenvalue weighted by Crippen LogP contribution is -2.46. The van der Waals surface area contributed by atoms with Gasteiger partial charge in [0.15, 0.2) is 0 Å². The number of rotatable bonds is 4. The predicted octanol–water partition coefficient (Wildman–Crippen LogP) is 2.46. The predicted molar refractivity (Wildman–Crippen MR) is 82.3 cm³/mol. The van der Waals surface area contributed by atoms with E-state index in [4.69, 9.17) is 4.74 Å². The number of ether oxygens (including phenoxy) is 1. The van der Waals surface area contributed by atoms with E-state index >= 15 is 0 Å². The van der Waals surface area contributed by atoms with Crippen LogP contribution < -0.4 is 10.1 Å². The Morgan fingerprint density at radius 1 is 1.24 bits per heavy atom. The molecule has 2 rings (SSSR count). The van der Waals surface area contributed by atoms with Crippen molar-refractivity contribution in [3.8, 4) is 11.5 Å². The van der Waals surface area contributed by atoms with Crippen LogP contribution in [0.25, 0.3) is 0 Å². The van der Waals surface area contributed by atoms with E-state index < -0.39 is 12.5 Å². The van der Waals surface area contributed by atoms with Crippen LogP contribution in [0.4, 0.5) is 8.78 Å². The van der Waals surface area contributed by atoms with Crippen molar-refractivity contribution in [2.24, 2.45) is 0 Å². The van der Waals surface area contributed by atoms with Crippen LogP contribution in [0.5, 0.6) is 11.5 Å². The molecule has 0 radical (unpaired) electrons. The van der Waals surface area contributed by atoms with Crippen LogP contribution in [0.3, 0.4) is 0 Å². The Morgan fingerprint density at radius 3 is 2.33 bits per heavy atom. The topological polar surface area (TPSA) is 44.7 Å². The first kappa shape index (κ1) is 20.2. The van der Waals surface area contributed by atoms with E-state index in [0.29, 0.717) is 31.9 Å². The second kappa shape index (κ2) is 9.25. The Bertz CT molecular complexity index is 433. The van der Waals surface area contributed by atoms with Gasteiger partial charge in [-0.25, -0.2) is 8.78 Å². The van der Waals surface area contributed by atoms with Crippen molar-refractivity contribution in [2.75, 3.05) is 33.3 Å². The number of nitrogens with one attached hydrogen (secondary N) is 1. The maximum atomic E-state index is 13.3. The third-order valence-corrected chi connectivity index (χ3v) is 3.34. The minimum absolute atomic E-state index is 0. The van der Waals surface area contributed by atoms with E-state index in [-0.39, 0.29) is 36.1 Å². The number of hydrogen-bond donors (Lipinski definition) is 2. The minimum Gasteiger partial charge on any atom is -0.507 e. The van der Waals surface area contributed by atoms with E-state index in [1.165, 1.54) is 19.2 Å². The van der Waals surface area contributed by atoms with Crippen LogP contribution in [0.2, 0.25) is 0 Å². The lowest BCUT2D eigenvalue weighted by Gasteiger charge is -2.34. The SMILES string of the molecule is COc1ccc([C@@H](C(F)F)N2CCNCC2)c(O)c1.Cl.Cl. The van der Waals surface area contributed by atoms with Gasteiger partial charge in [-0.2, -0.15) is 0 Å². The fourth-order valence-corrected chi connectivity index (χ4v) is 2.35. The van der Waals surface area contributed by atoms with Gasteiger partial charge in [0.2, 0.25) is 0 Å². The Kier molecular flexibility index (Phi) is 8.89. The highest BCUT2D eigenvalue weighted by Crippen LogP contribution is 2.35. The first-order chi connectivity index (χ1) is 9.13. The summed E-state index contributed by atoms with van der Waals surface area (Å²) in [6, 6.07) is 3.39. The first-order valence-corrected chi connectivity index (χ1v) is 6.23. The van der Waals surface area contributed by atoms with Crippen LogP contribution in [0.15, 0.2) is 18.2 Å². The van der Waals surface area contributed by atoms with Crippen LogP contribution in [0, 0.1) is 0 Å². The highest BCUT2D eigenvalue weighted by Gasteiger charge is 2.32. The van der Waals surface area contributed by atoms with Gasteiger partial charge in [0.25, 0.3) is 6.43 Å². The molecule has 0 amide bonds. The monoisotopic (exact) mass is 344 g/mol. The highest BCUT2D eigenvalue weighted by atomic mass is 35.5. The van der Waals surface area contributed by atoms with Crippen LogP contribution in [-0.4, -0.2) is 49.7 Å². The maximum Gasteiger partial charge on any atom is 0.258 e. The molecular weight excluding hydrogens is 325 g/mol. The smallest absolute Gasteiger partial charge is 0.258 e. The number of phenolic OH excluding ortho intramolecular Hbond substituents is 1. The largest absolute Gasteiger partial charge is 0.507 e. The molecule has 0 aliphatic carbocycles. The summed E-state index contributed by atoms with van der Waals surface area (Å²) in [5.41, 5.74) is 0.248. The molecule has 0 spiro atoms. The van der Waals surface area contributed by atoms with Gasteiger partial charge >= 0.3 is 0 Å². The summed E-state index contributed by atoms with van der Waals surface area (Å²) in [7, 11) is 1.47. The van der Waals surface area contributed by atoms with Crippen LogP contribution in [-0.2, 0) is 0 Å². The minimum atomic E-state index is -2.54. The molecule has 0 bridgehead atoms. The fraction of sp³-hybridized carbons (Fsp3) is 0.538. The molecule has 1 aromatic rings. The zero-order chi connectivity index (χ0) is 13.8. The van der Waals surface area contributed by atoms with E-state index in [1.807, 2.05) is 0 Å². The number of alkyl halides is 2. The standard InChI is InChI=1S/C13H18F2N2O2.2ClH/c1-19-9-2-3-10(11(18)8-9)12(13(14)15)17-6-4-16-5-7-17;;/h2-3,8,12-13,16,18H,4-7H2,1H3;2*1H/t12-;;/m0../s1. The first-order valence-electron chi connectivity index (χ1n) is 6.23. The maximum absolute atomic E-state index is 13.3. The number of piperazine rings is 1. The van der Waals surface area contributed by atoms with Gasteiger partial charge in [0.1, 0.15) is 11.5 Å². The number of aromatic hydroxyl groups is 1. The number of hydrogen-bond acceptors (Lipinski definition) is 4. The van der Waals surface area contributed by atoms with Gasteiger partial charge in [-0.05, 0) is 12.1 Å². The van der Waals surface area contributed by atoms with Gasteiger partial charge in [0.05, 0.1) is 13.2 Å². The van der Waals surface area contributed by atoms with Crippen molar-refractivity contribution < 1.29 is 18.6 Å². The molecule has 1 atom stereocenters. The average molecular weight is 345 g/mol. The summed E-state index contributed by atoms with van der Waals surface area (Å²) in [5.74, 6) is 0.303. The molecule has 1 fully saturated rings. The summed E-state index contributed by atoms with van der Waals surface area (Å²) in [4.78, 5) is 1.70. The molecule has 0 saturated carbocycles. The van der Waals surface area contributed by atoms with Crippen molar-refractivity contribution in [2.45, 2.75) is 12.5 Å². The molecule has 1 saturated heterocycles. The molecule has 122 valence electrons. The van der Waals surface area contributed by atoms with Gasteiger partial charge in [-0.3, -0.25) is 4.90 Å². The van der Waals surface area contributed by atoms with E-state index in [1.54, 1.807) is 11.0 Å².